The summed E-state index contributed by atoms with van der Waals surface area (Å²) >= 11 is 12.9. The summed E-state index contributed by atoms with van der Waals surface area (Å²) in [5, 5.41) is 12.8. The topological polar surface area (TPSA) is 99.9 Å². The highest BCUT2D eigenvalue weighted by molar-refractivity contribution is 7.22. The smallest absolute Gasteiger partial charge is 0.351 e. The minimum atomic E-state index is -1.37. The van der Waals surface area contributed by atoms with Crippen LogP contribution in [-0.2, 0) is 0 Å². The third-order valence-corrected chi connectivity index (χ3v) is 5.33. The zero-order chi connectivity index (χ0) is 19.0. The van der Waals surface area contributed by atoms with E-state index in [4.69, 9.17) is 32.7 Å². The third-order valence-electron chi connectivity index (χ3n) is 3.45. The molecule has 0 aliphatic heterocycles. The van der Waals surface area contributed by atoms with E-state index in [1.807, 2.05) is 0 Å². The van der Waals surface area contributed by atoms with Crippen molar-refractivity contribution in [1.82, 2.24) is 0 Å². The van der Waals surface area contributed by atoms with Crippen LogP contribution in [0, 0.1) is 0 Å². The molecule has 2 aromatic heterocycles. The Morgan fingerprint density at radius 3 is 2.58 bits per heavy atom. The molecule has 0 aliphatic rings. The van der Waals surface area contributed by atoms with Crippen LogP contribution < -0.4 is 15.8 Å². The summed E-state index contributed by atoms with van der Waals surface area (Å²) in [6.45, 7) is 0. The molecule has 0 saturated carbocycles. The van der Waals surface area contributed by atoms with Crippen LogP contribution in [0.15, 0.2) is 39.5 Å². The summed E-state index contributed by atoms with van der Waals surface area (Å²) in [6, 6.07) is 6.92. The van der Waals surface area contributed by atoms with Gasteiger partial charge >= 0.3 is 17.6 Å². The normalized spacial score (nSPS) is 10.7. The molecule has 0 spiro atoms. The number of urea groups is 1. The number of carboxylic acid groups (broad SMARTS) is 1. The zero-order valence-corrected chi connectivity index (χ0v) is 15.4. The SMILES string of the molecule is CN(C(=O)Nc1ccc(Cl)c(Cl)c1)c1cc2oc(=O)c(C(=O)O)cc2s1. The fourth-order valence-corrected chi connectivity index (χ4v) is 3.38. The van der Waals surface area contributed by atoms with Gasteiger partial charge in [0, 0.05) is 18.8 Å². The number of anilines is 2. The molecule has 2 amide bonds. The summed E-state index contributed by atoms with van der Waals surface area (Å²) in [6.07, 6.45) is 0. The number of benzene rings is 1. The third kappa shape index (κ3) is 3.52. The van der Waals surface area contributed by atoms with Gasteiger partial charge in [-0.25, -0.2) is 14.4 Å². The first kappa shape index (κ1) is 18.2. The zero-order valence-electron chi connectivity index (χ0n) is 13.1. The van der Waals surface area contributed by atoms with E-state index in [9.17, 15) is 14.4 Å². The number of carbonyl (C=O) groups is 2. The lowest BCUT2D eigenvalue weighted by molar-refractivity contribution is 0.0692. The number of carboxylic acids is 1. The average Bonchev–Trinajstić information content (AvgIpc) is 2.99. The van der Waals surface area contributed by atoms with E-state index in [1.165, 1.54) is 30.1 Å². The predicted octanol–water partition coefficient (Wildman–Crippen LogP) is 4.53. The predicted molar refractivity (Wildman–Crippen MR) is 101 cm³/mol. The number of rotatable bonds is 3. The molecule has 2 heterocycles. The minimum absolute atomic E-state index is 0.203. The number of amides is 2. The molecule has 0 fully saturated rings. The fourth-order valence-electron chi connectivity index (χ4n) is 2.10. The van der Waals surface area contributed by atoms with E-state index in [0.717, 1.165) is 11.3 Å². The van der Waals surface area contributed by atoms with E-state index in [1.54, 1.807) is 12.1 Å². The Bertz CT molecular complexity index is 1090. The quantitative estimate of drug-likeness (QED) is 0.657. The fraction of sp³-hybridized carbons (Fsp3) is 0.0625. The van der Waals surface area contributed by atoms with Crippen molar-refractivity contribution in [2.75, 3.05) is 17.3 Å². The number of carbonyl (C=O) groups excluding carboxylic acids is 1. The van der Waals surface area contributed by atoms with Crippen molar-refractivity contribution in [3.8, 4) is 0 Å². The summed E-state index contributed by atoms with van der Waals surface area (Å²) in [5.74, 6) is -1.37. The van der Waals surface area contributed by atoms with Crippen molar-refractivity contribution in [1.29, 1.82) is 0 Å². The lowest BCUT2D eigenvalue weighted by Gasteiger charge is -2.16. The van der Waals surface area contributed by atoms with Gasteiger partial charge in [-0.3, -0.25) is 4.90 Å². The molecule has 0 radical (unpaired) electrons. The number of nitrogens with zero attached hydrogens (tertiary/aromatic N) is 1. The van der Waals surface area contributed by atoms with Crippen molar-refractivity contribution in [2.24, 2.45) is 0 Å². The summed E-state index contributed by atoms with van der Waals surface area (Å²) in [7, 11) is 1.52. The van der Waals surface area contributed by atoms with E-state index in [0.29, 0.717) is 25.4 Å². The number of thiophene rings is 1. The molecule has 10 heteroatoms. The Morgan fingerprint density at radius 1 is 1.19 bits per heavy atom. The molecule has 0 bridgehead atoms. The molecule has 3 aromatic rings. The van der Waals surface area contributed by atoms with Crippen LogP contribution in [0.3, 0.4) is 0 Å². The molecule has 0 saturated heterocycles. The van der Waals surface area contributed by atoms with Crippen LogP contribution in [0.2, 0.25) is 10.0 Å². The van der Waals surface area contributed by atoms with Crippen molar-refractivity contribution in [2.45, 2.75) is 0 Å². The van der Waals surface area contributed by atoms with E-state index in [2.05, 4.69) is 5.32 Å². The van der Waals surface area contributed by atoms with Crippen LogP contribution in [0.4, 0.5) is 15.5 Å². The first-order chi connectivity index (χ1) is 12.3. The van der Waals surface area contributed by atoms with Gasteiger partial charge in [0.2, 0.25) is 0 Å². The van der Waals surface area contributed by atoms with E-state index >= 15 is 0 Å². The number of nitrogens with one attached hydrogen (secondary N) is 1. The maximum absolute atomic E-state index is 12.4. The lowest BCUT2D eigenvalue weighted by atomic mass is 10.3. The van der Waals surface area contributed by atoms with Gasteiger partial charge in [-0.05, 0) is 24.3 Å². The van der Waals surface area contributed by atoms with Gasteiger partial charge in [0.15, 0.2) is 5.58 Å². The lowest BCUT2D eigenvalue weighted by Crippen LogP contribution is -2.30. The average molecular weight is 413 g/mol. The van der Waals surface area contributed by atoms with Crippen LogP contribution in [0.5, 0.6) is 0 Å². The second-order valence-electron chi connectivity index (χ2n) is 5.18. The number of halogens is 2. The molecule has 0 aliphatic carbocycles. The van der Waals surface area contributed by atoms with Crippen LogP contribution in [-0.4, -0.2) is 24.2 Å². The van der Waals surface area contributed by atoms with Gasteiger partial charge < -0.3 is 14.8 Å². The Balaban J connectivity index is 1.87. The molecule has 134 valence electrons. The number of aromatic carboxylic acids is 1. The van der Waals surface area contributed by atoms with E-state index < -0.39 is 23.2 Å². The standard InChI is InChI=1S/C16H10Cl2N2O5S/c1-20(16(24)19-7-2-3-9(17)10(18)4-7)13-6-11-12(26-13)5-8(14(21)22)15(23)25-11/h2-6H,1H3,(H,19,24)(H,21,22). The Labute approximate surface area is 160 Å². The highest BCUT2D eigenvalue weighted by atomic mass is 35.5. The van der Waals surface area contributed by atoms with Crippen molar-refractivity contribution in [3.05, 3.63) is 56.4 Å². The monoisotopic (exact) mass is 412 g/mol. The van der Waals surface area contributed by atoms with Crippen molar-refractivity contribution in [3.63, 3.8) is 0 Å². The maximum atomic E-state index is 12.4. The van der Waals surface area contributed by atoms with Gasteiger partial charge in [-0.15, -0.1) is 11.3 Å². The Morgan fingerprint density at radius 2 is 1.92 bits per heavy atom. The maximum Gasteiger partial charge on any atom is 0.351 e. The van der Waals surface area contributed by atoms with Crippen molar-refractivity contribution >= 4 is 67.5 Å². The molecule has 2 N–H and O–H groups in total. The number of hydrogen-bond acceptors (Lipinski definition) is 5. The molecular formula is C16H10Cl2N2O5S. The molecule has 3 rings (SSSR count). The number of hydrogen-bond donors (Lipinski definition) is 2. The summed E-state index contributed by atoms with van der Waals surface area (Å²) < 4.78 is 5.43. The van der Waals surface area contributed by atoms with Crippen LogP contribution in [0.25, 0.3) is 10.3 Å². The Hall–Kier alpha value is -2.55. The second-order valence-corrected chi connectivity index (χ2v) is 7.06. The molecular weight excluding hydrogens is 403 g/mol. The van der Waals surface area contributed by atoms with Crippen molar-refractivity contribution < 1.29 is 19.1 Å². The van der Waals surface area contributed by atoms with Gasteiger partial charge in [0.25, 0.3) is 0 Å². The van der Waals surface area contributed by atoms with Gasteiger partial charge in [-0.2, -0.15) is 0 Å². The minimum Gasteiger partial charge on any atom is -0.477 e. The first-order valence-electron chi connectivity index (χ1n) is 7.07. The van der Waals surface area contributed by atoms with Gasteiger partial charge in [0.05, 0.1) is 14.7 Å². The number of fused-ring (bicyclic) bond motifs is 1. The highest BCUT2D eigenvalue weighted by Crippen LogP contribution is 2.32. The first-order valence-corrected chi connectivity index (χ1v) is 8.64. The molecule has 0 unspecified atom stereocenters. The molecule has 26 heavy (non-hydrogen) atoms. The summed E-state index contributed by atoms with van der Waals surface area (Å²) in [4.78, 5) is 36.3. The largest absolute Gasteiger partial charge is 0.477 e. The van der Waals surface area contributed by atoms with Gasteiger partial charge in [0.1, 0.15) is 10.6 Å². The Kier molecular flexibility index (Phi) is 4.90. The van der Waals surface area contributed by atoms with Crippen LogP contribution >= 0.6 is 34.5 Å². The highest BCUT2D eigenvalue weighted by Gasteiger charge is 2.18. The molecule has 0 atom stereocenters. The van der Waals surface area contributed by atoms with E-state index in [-0.39, 0.29) is 5.58 Å². The molecule has 7 nitrogen and oxygen atoms in total. The molecule has 1 aromatic carbocycles. The van der Waals surface area contributed by atoms with Gasteiger partial charge in [-0.1, -0.05) is 23.2 Å². The summed E-state index contributed by atoms with van der Waals surface area (Å²) in [5.41, 5.74) is -0.752. The second kappa shape index (κ2) is 6.99. The van der Waals surface area contributed by atoms with Crippen LogP contribution in [0.1, 0.15) is 10.4 Å².